The third kappa shape index (κ3) is 2.20. The van der Waals surface area contributed by atoms with E-state index in [1.54, 1.807) is 6.07 Å². The summed E-state index contributed by atoms with van der Waals surface area (Å²) in [6.45, 7) is 0. The number of hydrogen-bond donors (Lipinski definition) is 0. The number of benzene rings is 1. The lowest BCUT2D eigenvalue weighted by Gasteiger charge is -2.31. The van der Waals surface area contributed by atoms with E-state index in [1.165, 1.54) is 12.1 Å². The Balaban J connectivity index is 2.00. The topological polar surface area (TPSA) is 9.23 Å². The monoisotopic (exact) mass is 278 g/mol. The van der Waals surface area contributed by atoms with Gasteiger partial charge in [-0.25, -0.2) is 4.39 Å². The summed E-state index contributed by atoms with van der Waals surface area (Å²) in [6.07, 6.45) is 2.23. The summed E-state index contributed by atoms with van der Waals surface area (Å²) in [5.74, 6) is 0.229. The maximum Gasteiger partial charge on any atom is 0.142 e. The van der Waals surface area contributed by atoms with Crippen LogP contribution >= 0.6 is 27.5 Å². The van der Waals surface area contributed by atoms with E-state index < -0.39 is 5.82 Å². The first kappa shape index (κ1) is 10.2. The molecule has 1 nitrogen and oxygen atoms in total. The van der Waals surface area contributed by atoms with Gasteiger partial charge >= 0.3 is 0 Å². The number of ether oxygens (including phenoxy) is 1. The molecule has 1 saturated carbocycles. The van der Waals surface area contributed by atoms with Crippen LogP contribution in [-0.4, -0.2) is 10.9 Å². The highest BCUT2D eigenvalue weighted by atomic mass is 79.9. The Bertz CT molecular complexity index is 339. The van der Waals surface area contributed by atoms with E-state index in [4.69, 9.17) is 16.3 Å². The lowest BCUT2D eigenvalue weighted by atomic mass is 9.96. The lowest BCUT2D eigenvalue weighted by Crippen LogP contribution is -2.33. The first-order chi connectivity index (χ1) is 6.65. The molecule has 14 heavy (non-hydrogen) atoms. The average Bonchev–Trinajstić information content (AvgIpc) is 2.09. The summed E-state index contributed by atoms with van der Waals surface area (Å²) in [5, 5.41) is 0.109. The van der Waals surface area contributed by atoms with Crippen molar-refractivity contribution < 1.29 is 9.13 Å². The van der Waals surface area contributed by atoms with Crippen LogP contribution in [0.3, 0.4) is 0 Å². The molecule has 0 radical (unpaired) electrons. The fourth-order valence-electron chi connectivity index (χ4n) is 1.34. The first-order valence-electron chi connectivity index (χ1n) is 4.41. The maximum absolute atomic E-state index is 12.8. The van der Waals surface area contributed by atoms with Crippen LogP contribution in [0.4, 0.5) is 4.39 Å². The standard InChI is InChI=1S/C10H9BrClFO/c11-6-3-8(4-6)14-7-1-2-10(13)9(12)5-7/h1-2,5-6,8H,3-4H2. The Morgan fingerprint density at radius 3 is 2.71 bits per heavy atom. The van der Waals surface area contributed by atoms with Gasteiger partial charge in [-0.2, -0.15) is 0 Å². The first-order valence-corrected chi connectivity index (χ1v) is 5.70. The van der Waals surface area contributed by atoms with Gasteiger partial charge in [-0.3, -0.25) is 0 Å². The Morgan fingerprint density at radius 2 is 2.14 bits per heavy atom. The molecule has 1 aromatic carbocycles. The van der Waals surface area contributed by atoms with Gasteiger partial charge in [0, 0.05) is 10.9 Å². The minimum absolute atomic E-state index is 0.109. The second-order valence-corrected chi connectivity index (χ2v) is 5.09. The van der Waals surface area contributed by atoms with Gasteiger partial charge in [0.15, 0.2) is 0 Å². The number of halogens is 3. The van der Waals surface area contributed by atoms with E-state index in [2.05, 4.69) is 15.9 Å². The van der Waals surface area contributed by atoms with Crippen molar-refractivity contribution in [2.75, 3.05) is 0 Å². The van der Waals surface area contributed by atoms with Gasteiger partial charge in [-0.1, -0.05) is 27.5 Å². The maximum atomic E-state index is 12.8. The Morgan fingerprint density at radius 1 is 1.43 bits per heavy atom. The molecule has 4 heteroatoms. The van der Waals surface area contributed by atoms with E-state index in [9.17, 15) is 4.39 Å². The van der Waals surface area contributed by atoms with Crippen molar-refractivity contribution in [2.24, 2.45) is 0 Å². The zero-order valence-electron chi connectivity index (χ0n) is 7.34. The van der Waals surface area contributed by atoms with Gasteiger partial charge in [0.05, 0.1) is 5.02 Å². The summed E-state index contributed by atoms with van der Waals surface area (Å²) < 4.78 is 18.4. The molecule has 76 valence electrons. The van der Waals surface area contributed by atoms with Crippen LogP contribution in [0.1, 0.15) is 12.8 Å². The molecular weight excluding hydrogens is 270 g/mol. The molecule has 0 amide bonds. The van der Waals surface area contributed by atoms with Crippen LogP contribution in [0.25, 0.3) is 0 Å². The molecule has 0 spiro atoms. The quantitative estimate of drug-likeness (QED) is 0.749. The third-order valence-electron chi connectivity index (χ3n) is 2.23. The minimum atomic E-state index is -0.411. The summed E-state index contributed by atoms with van der Waals surface area (Å²) in [5.41, 5.74) is 0. The molecule has 1 fully saturated rings. The van der Waals surface area contributed by atoms with Crippen LogP contribution < -0.4 is 4.74 Å². The summed E-state index contributed by atoms with van der Waals surface area (Å²) in [6, 6.07) is 4.43. The van der Waals surface area contributed by atoms with Gasteiger partial charge < -0.3 is 4.74 Å². The fraction of sp³-hybridized carbons (Fsp3) is 0.400. The second-order valence-electron chi connectivity index (χ2n) is 3.38. The van der Waals surface area contributed by atoms with Crippen LogP contribution in [0, 0.1) is 5.82 Å². The van der Waals surface area contributed by atoms with Crippen molar-refractivity contribution in [2.45, 2.75) is 23.8 Å². The van der Waals surface area contributed by atoms with Crippen molar-refractivity contribution in [3.05, 3.63) is 29.0 Å². The molecule has 0 N–H and O–H groups in total. The molecule has 0 atom stereocenters. The average molecular weight is 280 g/mol. The van der Waals surface area contributed by atoms with Crippen molar-refractivity contribution in [1.82, 2.24) is 0 Å². The molecule has 0 bridgehead atoms. The van der Waals surface area contributed by atoms with Crippen molar-refractivity contribution in [1.29, 1.82) is 0 Å². The Kier molecular flexibility index (Phi) is 2.98. The highest BCUT2D eigenvalue weighted by Crippen LogP contribution is 2.32. The minimum Gasteiger partial charge on any atom is -0.490 e. The van der Waals surface area contributed by atoms with E-state index in [1.807, 2.05) is 0 Å². The molecule has 1 aliphatic carbocycles. The van der Waals surface area contributed by atoms with Gasteiger partial charge in [0.25, 0.3) is 0 Å². The van der Waals surface area contributed by atoms with Crippen molar-refractivity contribution in [3.8, 4) is 5.75 Å². The van der Waals surface area contributed by atoms with E-state index in [0.717, 1.165) is 12.8 Å². The molecule has 0 saturated heterocycles. The van der Waals surface area contributed by atoms with Crippen LogP contribution in [0.5, 0.6) is 5.75 Å². The molecule has 1 aliphatic rings. The Labute approximate surface area is 95.3 Å². The SMILES string of the molecule is Fc1ccc(OC2CC(Br)C2)cc1Cl. The zero-order chi connectivity index (χ0) is 10.1. The third-order valence-corrected chi connectivity index (χ3v) is 3.27. The lowest BCUT2D eigenvalue weighted by molar-refractivity contribution is 0.128. The molecule has 2 rings (SSSR count). The predicted octanol–water partition coefficient (Wildman–Crippen LogP) is 3.78. The van der Waals surface area contributed by atoms with Gasteiger partial charge in [0.1, 0.15) is 17.7 Å². The highest BCUT2D eigenvalue weighted by molar-refractivity contribution is 9.09. The van der Waals surface area contributed by atoms with Crippen molar-refractivity contribution in [3.63, 3.8) is 0 Å². The Hall–Kier alpha value is -0.280. The number of alkyl halides is 1. The predicted molar refractivity (Wildman–Crippen MR) is 57.8 cm³/mol. The molecule has 1 aromatic rings. The largest absolute Gasteiger partial charge is 0.490 e. The summed E-state index contributed by atoms with van der Waals surface area (Å²) in [4.78, 5) is 0.559. The smallest absolute Gasteiger partial charge is 0.142 e. The van der Waals surface area contributed by atoms with Crippen LogP contribution in [0.2, 0.25) is 5.02 Å². The van der Waals surface area contributed by atoms with Gasteiger partial charge in [0.2, 0.25) is 0 Å². The molecular formula is C10H9BrClFO. The normalized spacial score (nSPS) is 25.6. The zero-order valence-corrected chi connectivity index (χ0v) is 9.69. The van der Waals surface area contributed by atoms with E-state index in [0.29, 0.717) is 10.6 Å². The molecule has 0 aliphatic heterocycles. The summed E-state index contributed by atoms with van der Waals surface area (Å²) in [7, 11) is 0. The number of rotatable bonds is 2. The van der Waals surface area contributed by atoms with Crippen molar-refractivity contribution >= 4 is 27.5 Å². The number of hydrogen-bond acceptors (Lipinski definition) is 1. The molecule has 0 heterocycles. The molecule has 0 aromatic heterocycles. The van der Waals surface area contributed by atoms with Gasteiger partial charge in [-0.15, -0.1) is 0 Å². The van der Waals surface area contributed by atoms with E-state index in [-0.39, 0.29) is 11.1 Å². The fourth-order valence-corrected chi connectivity index (χ4v) is 2.34. The summed E-state index contributed by atoms with van der Waals surface area (Å²) >= 11 is 9.10. The van der Waals surface area contributed by atoms with Crippen LogP contribution in [-0.2, 0) is 0 Å². The van der Waals surface area contributed by atoms with Crippen LogP contribution in [0.15, 0.2) is 18.2 Å². The highest BCUT2D eigenvalue weighted by Gasteiger charge is 2.28. The van der Waals surface area contributed by atoms with Gasteiger partial charge in [-0.05, 0) is 25.0 Å². The molecule has 0 unspecified atom stereocenters. The van der Waals surface area contributed by atoms with E-state index >= 15 is 0 Å². The second kappa shape index (κ2) is 4.07.